The minimum Gasteiger partial charge on any atom is -0.494 e. The lowest BCUT2D eigenvalue weighted by atomic mass is 10.0. The second-order valence-electron chi connectivity index (χ2n) is 6.87. The van der Waals surface area contributed by atoms with Gasteiger partial charge in [-0.3, -0.25) is 4.79 Å². The molecule has 0 spiro atoms. The number of halogens is 3. The Hall–Kier alpha value is -3.09. The van der Waals surface area contributed by atoms with Gasteiger partial charge < -0.3 is 9.47 Å². The predicted octanol–water partition coefficient (Wildman–Crippen LogP) is 5.80. The molecule has 0 radical (unpaired) electrons. The zero-order valence-corrected chi connectivity index (χ0v) is 17.3. The number of hydrogen-bond donors (Lipinski definition) is 0. The monoisotopic (exact) mass is 434 g/mol. The Labute approximate surface area is 179 Å². The van der Waals surface area contributed by atoms with E-state index in [9.17, 15) is 22.8 Å². The molecule has 166 valence electrons. The third kappa shape index (κ3) is 9.51. The highest BCUT2D eigenvalue weighted by molar-refractivity contribution is 5.97. The molecule has 0 heterocycles. The van der Waals surface area contributed by atoms with Gasteiger partial charge in [0.15, 0.2) is 5.78 Å². The van der Waals surface area contributed by atoms with Gasteiger partial charge in [0.1, 0.15) is 5.75 Å². The van der Waals surface area contributed by atoms with E-state index in [0.717, 1.165) is 11.1 Å². The largest absolute Gasteiger partial charge is 0.494 e. The number of esters is 1. The molecule has 0 fully saturated rings. The molecule has 0 atom stereocenters. The fourth-order valence-corrected chi connectivity index (χ4v) is 2.74. The van der Waals surface area contributed by atoms with Gasteiger partial charge in [-0.05, 0) is 49.1 Å². The van der Waals surface area contributed by atoms with E-state index in [2.05, 4.69) is 0 Å². The van der Waals surface area contributed by atoms with Gasteiger partial charge in [-0.15, -0.1) is 0 Å². The zero-order chi connectivity index (χ0) is 22.7. The molecule has 2 aromatic rings. The number of unbranched alkanes of at least 4 members (excludes halogenated alkanes) is 1. The molecule has 0 amide bonds. The van der Waals surface area contributed by atoms with Gasteiger partial charge in [-0.25, -0.2) is 4.79 Å². The van der Waals surface area contributed by atoms with Crippen molar-refractivity contribution in [2.45, 2.75) is 38.8 Å². The maximum Gasteiger partial charge on any atom is 0.389 e. The molecule has 4 nitrogen and oxygen atoms in total. The summed E-state index contributed by atoms with van der Waals surface area (Å²) in [6, 6.07) is 13.8. The summed E-state index contributed by atoms with van der Waals surface area (Å²) in [7, 11) is 0. The van der Waals surface area contributed by atoms with E-state index in [1.54, 1.807) is 61.5 Å². The van der Waals surface area contributed by atoms with Crippen LogP contribution in [0.4, 0.5) is 13.2 Å². The van der Waals surface area contributed by atoms with Crippen molar-refractivity contribution in [3.63, 3.8) is 0 Å². The number of carbonyl (C=O) groups is 2. The Balaban J connectivity index is 1.80. The first-order chi connectivity index (χ1) is 14.8. The average molecular weight is 434 g/mol. The average Bonchev–Trinajstić information content (AvgIpc) is 2.73. The van der Waals surface area contributed by atoms with Gasteiger partial charge in [-0.1, -0.05) is 36.4 Å². The number of Topliss-reactive ketones (excluding diaryl/α,β-unsaturated/α-hetero) is 1. The van der Waals surface area contributed by atoms with E-state index >= 15 is 0 Å². The Morgan fingerprint density at radius 1 is 0.968 bits per heavy atom. The Kier molecular flexibility index (Phi) is 9.31. The second-order valence-corrected chi connectivity index (χ2v) is 6.87. The zero-order valence-electron chi connectivity index (χ0n) is 17.3. The fourth-order valence-electron chi connectivity index (χ4n) is 2.74. The van der Waals surface area contributed by atoms with E-state index in [-0.39, 0.29) is 25.2 Å². The normalized spacial score (nSPS) is 11.5. The SMILES string of the molecule is CCOC(=O)C=Cc1ccc(C(=O)Cc2ccc(OCCCCC(F)(F)F)cc2)cc1. The topological polar surface area (TPSA) is 52.6 Å². The lowest BCUT2D eigenvalue weighted by molar-refractivity contribution is -0.137. The van der Waals surface area contributed by atoms with Crippen LogP contribution in [0.1, 0.15) is 47.7 Å². The molecule has 2 rings (SSSR count). The third-order valence-electron chi connectivity index (χ3n) is 4.34. The van der Waals surface area contributed by atoms with Crippen LogP contribution in [0.3, 0.4) is 0 Å². The maximum atomic E-state index is 12.5. The summed E-state index contributed by atoms with van der Waals surface area (Å²) in [4.78, 5) is 23.8. The standard InChI is InChI=1S/C24H25F3O4/c1-2-30-23(29)14-9-18-5-10-20(11-6-18)22(28)17-19-7-12-21(13-8-19)31-16-4-3-15-24(25,26)27/h5-14H,2-4,15-17H2,1H3. The van der Waals surface area contributed by atoms with Crippen molar-refractivity contribution >= 4 is 17.8 Å². The first-order valence-electron chi connectivity index (χ1n) is 10.0. The summed E-state index contributed by atoms with van der Waals surface area (Å²) in [5, 5.41) is 0. The first-order valence-corrected chi connectivity index (χ1v) is 10.0. The van der Waals surface area contributed by atoms with Crippen LogP contribution < -0.4 is 4.74 Å². The molecule has 0 aliphatic heterocycles. The Bertz CT molecular complexity index is 869. The van der Waals surface area contributed by atoms with E-state index in [4.69, 9.17) is 9.47 Å². The minimum atomic E-state index is -4.13. The number of rotatable bonds is 11. The van der Waals surface area contributed by atoms with Crippen LogP contribution in [0.25, 0.3) is 6.08 Å². The van der Waals surface area contributed by atoms with E-state index in [1.165, 1.54) is 6.08 Å². The van der Waals surface area contributed by atoms with Crippen molar-refractivity contribution in [3.8, 4) is 5.75 Å². The van der Waals surface area contributed by atoms with E-state index in [1.807, 2.05) is 0 Å². The van der Waals surface area contributed by atoms with Crippen molar-refractivity contribution in [2.75, 3.05) is 13.2 Å². The number of hydrogen-bond acceptors (Lipinski definition) is 4. The van der Waals surface area contributed by atoms with Crippen molar-refractivity contribution in [2.24, 2.45) is 0 Å². The minimum absolute atomic E-state index is 0.0352. The molecule has 0 saturated carbocycles. The van der Waals surface area contributed by atoms with Crippen molar-refractivity contribution in [3.05, 3.63) is 71.3 Å². The summed E-state index contributed by atoms with van der Waals surface area (Å²) >= 11 is 0. The van der Waals surface area contributed by atoms with Crippen LogP contribution in [0, 0.1) is 0 Å². The lowest BCUT2D eigenvalue weighted by Gasteiger charge is -2.08. The van der Waals surface area contributed by atoms with Gasteiger partial charge in [0.2, 0.25) is 0 Å². The predicted molar refractivity (Wildman–Crippen MR) is 112 cm³/mol. The molecule has 0 bridgehead atoms. The summed E-state index contributed by atoms with van der Waals surface area (Å²) < 4.78 is 46.6. The molecule has 7 heteroatoms. The van der Waals surface area contributed by atoms with Crippen LogP contribution in [0.2, 0.25) is 0 Å². The highest BCUT2D eigenvalue weighted by Crippen LogP contribution is 2.22. The van der Waals surface area contributed by atoms with E-state index in [0.29, 0.717) is 24.3 Å². The van der Waals surface area contributed by atoms with Crippen LogP contribution in [0.15, 0.2) is 54.6 Å². The maximum absolute atomic E-state index is 12.5. The molecule has 0 aliphatic carbocycles. The molecular weight excluding hydrogens is 409 g/mol. The summed E-state index contributed by atoms with van der Waals surface area (Å²) in [5.41, 5.74) is 2.14. The van der Waals surface area contributed by atoms with E-state index < -0.39 is 18.6 Å². The van der Waals surface area contributed by atoms with Gasteiger partial charge in [-0.2, -0.15) is 13.2 Å². The van der Waals surface area contributed by atoms with Crippen LogP contribution in [-0.2, 0) is 16.0 Å². The number of ketones is 1. The quantitative estimate of drug-likeness (QED) is 0.194. The van der Waals surface area contributed by atoms with Crippen molar-refractivity contribution in [1.29, 1.82) is 0 Å². The number of benzene rings is 2. The smallest absolute Gasteiger partial charge is 0.389 e. The lowest BCUT2D eigenvalue weighted by Crippen LogP contribution is -2.08. The summed E-state index contributed by atoms with van der Waals surface area (Å²) in [5.74, 6) is 0.0825. The highest BCUT2D eigenvalue weighted by atomic mass is 19.4. The Morgan fingerprint density at radius 2 is 1.65 bits per heavy atom. The van der Waals surface area contributed by atoms with Crippen molar-refractivity contribution < 1.29 is 32.2 Å². The molecule has 2 aromatic carbocycles. The molecule has 0 N–H and O–H groups in total. The molecular formula is C24H25F3O4. The van der Waals surface area contributed by atoms with Crippen LogP contribution in [0.5, 0.6) is 5.75 Å². The number of carbonyl (C=O) groups excluding carboxylic acids is 2. The number of ether oxygens (including phenoxy) is 2. The second kappa shape index (κ2) is 11.9. The van der Waals surface area contributed by atoms with Gasteiger partial charge in [0.05, 0.1) is 13.2 Å². The molecule has 0 aliphatic rings. The summed E-state index contributed by atoms with van der Waals surface area (Å²) in [6.07, 6.45) is -1.41. The van der Waals surface area contributed by atoms with Gasteiger partial charge in [0.25, 0.3) is 0 Å². The Morgan fingerprint density at radius 3 is 2.26 bits per heavy atom. The fraction of sp³-hybridized carbons (Fsp3) is 0.333. The van der Waals surface area contributed by atoms with Gasteiger partial charge in [0, 0.05) is 24.5 Å². The molecule has 0 unspecified atom stereocenters. The first kappa shape index (κ1) is 24.2. The van der Waals surface area contributed by atoms with Crippen LogP contribution >= 0.6 is 0 Å². The van der Waals surface area contributed by atoms with Gasteiger partial charge >= 0.3 is 12.1 Å². The summed E-state index contributed by atoms with van der Waals surface area (Å²) in [6.45, 7) is 2.26. The molecule has 31 heavy (non-hydrogen) atoms. The third-order valence-corrected chi connectivity index (χ3v) is 4.34. The highest BCUT2D eigenvalue weighted by Gasteiger charge is 2.25. The van der Waals surface area contributed by atoms with Crippen LogP contribution in [-0.4, -0.2) is 31.1 Å². The number of alkyl halides is 3. The molecule has 0 saturated heterocycles. The van der Waals surface area contributed by atoms with Crippen molar-refractivity contribution in [1.82, 2.24) is 0 Å². The molecule has 0 aromatic heterocycles.